The molecule has 8 heteroatoms. The highest BCUT2D eigenvalue weighted by atomic mass is 32.1. The Bertz CT molecular complexity index is 1090. The molecule has 1 aliphatic heterocycles. The molecule has 0 spiro atoms. The number of fused-ring (bicyclic) bond motifs is 1. The predicted octanol–water partition coefficient (Wildman–Crippen LogP) is 3.76. The Balaban J connectivity index is 1.35. The SMILES string of the molecule is O=C(c1csc(-c2ncccn2)n1)N1CCCC(c2nc3ccccc3o2)C1. The van der Waals surface area contributed by atoms with Crippen LogP contribution in [0.3, 0.4) is 0 Å². The highest BCUT2D eigenvalue weighted by Gasteiger charge is 2.29. The van der Waals surface area contributed by atoms with Crippen molar-refractivity contribution in [3.05, 3.63) is 59.7 Å². The van der Waals surface area contributed by atoms with E-state index in [2.05, 4.69) is 19.9 Å². The predicted molar refractivity (Wildman–Crippen MR) is 105 cm³/mol. The Morgan fingerprint density at radius 2 is 2.00 bits per heavy atom. The number of aromatic nitrogens is 4. The number of rotatable bonds is 3. The Hall–Kier alpha value is -3.13. The average molecular weight is 391 g/mol. The standard InChI is InChI=1S/C20H17N5O2S/c26-20(15-12-28-19(24-15)17-21-8-4-9-22-17)25-10-3-5-13(11-25)18-23-14-6-1-2-7-16(14)27-18/h1-2,4,6-9,12-13H,3,5,10-11H2. The van der Waals surface area contributed by atoms with Crippen LogP contribution < -0.4 is 0 Å². The molecule has 3 aromatic heterocycles. The van der Waals surface area contributed by atoms with Crippen LogP contribution in [0.5, 0.6) is 0 Å². The summed E-state index contributed by atoms with van der Waals surface area (Å²) >= 11 is 1.38. The van der Waals surface area contributed by atoms with Gasteiger partial charge in [0.05, 0.1) is 5.92 Å². The Morgan fingerprint density at radius 1 is 1.14 bits per heavy atom. The molecule has 1 aromatic carbocycles. The van der Waals surface area contributed by atoms with Crippen LogP contribution in [0, 0.1) is 0 Å². The number of hydrogen-bond donors (Lipinski definition) is 0. The Labute approximate surface area is 165 Å². The smallest absolute Gasteiger partial charge is 0.273 e. The van der Waals surface area contributed by atoms with E-state index in [1.807, 2.05) is 29.2 Å². The van der Waals surface area contributed by atoms with Crippen molar-refractivity contribution in [1.29, 1.82) is 0 Å². The van der Waals surface area contributed by atoms with Gasteiger partial charge < -0.3 is 9.32 Å². The number of oxazole rings is 1. The van der Waals surface area contributed by atoms with Crippen LogP contribution in [-0.2, 0) is 0 Å². The molecule has 4 heterocycles. The monoisotopic (exact) mass is 391 g/mol. The number of para-hydroxylation sites is 2. The highest BCUT2D eigenvalue weighted by molar-refractivity contribution is 7.13. The van der Waals surface area contributed by atoms with E-state index in [4.69, 9.17) is 4.42 Å². The average Bonchev–Trinajstić information content (AvgIpc) is 3.41. The van der Waals surface area contributed by atoms with Crippen molar-refractivity contribution in [2.45, 2.75) is 18.8 Å². The van der Waals surface area contributed by atoms with Gasteiger partial charge in [-0.1, -0.05) is 12.1 Å². The molecule has 1 unspecified atom stereocenters. The largest absolute Gasteiger partial charge is 0.440 e. The fourth-order valence-corrected chi connectivity index (χ4v) is 4.21. The number of piperidine rings is 1. The lowest BCUT2D eigenvalue weighted by Gasteiger charge is -2.30. The lowest BCUT2D eigenvalue weighted by molar-refractivity contribution is 0.0694. The van der Waals surface area contributed by atoms with Crippen LogP contribution in [0.2, 0.25) is 0 Å². The van der Waals surface area contributed by atoms with E-state index in [1.54, 1.807) is 23.8 Å². The summed E-state index contributed by atoms with van der Waals surface area (Å²) in [6.07, 6.45) is 5.20. The second-order valence-electron chi connectivity index (χ2n) is 6.72. The molecular formula is C20H17N5O2S. The van der Waals surface area contributed by atoms with E-state index in [0.717, 1.165) is 23.9 Å². The Kier molecular flexibility index (Phi) is 4.32. The Morgan fingerprint density at radius 3 is 2.86 bits per heavy atom. The molecule has 0 bridgehead atoms. The molecule has 1 saturated heterocycles. The summed E-state index contributed by atoms with van der Waals surface area (Å²) in [4.78, 5) is 32.3. The third-order valence-corrected chi connectivity index (χ3v) is 5.69. The fourth-order valence-electron chi connectivity index (χ4n) is 3.47. The van der Waals surface area contributed by atoms with Crippen molar-refractivity contribution in [3.63, 3.8) is 0 Å². The van der Waals surface area contributed by atoms with Gasteiger partial charge >= 0.3 is 0 Å². The molecule has 0 saturated carbocycles. The zero-order valence-electron chi connectivity index (χ0n) is 15.0. The first kappa shape index (κ1) is 17.0. The number of likely N-dealkylation sites (tertiary alicyclic amines) is 1. The summed E-state index contributed by atoms with van der Waals surface area (Å²) < 4.78 is 5.92. The third-order valence-electron chi connectivity index (χ3n) is 4.85. The number of carbonyl (C=O) groups excluding carboxylic acids is 1. The maximum atomic E-state index is 13.0. The molecule has 7 nitrogen and oxygen atoms in total. The topological polar surface area (TPSA) is 85.0 Å². The summed E-state index contributed by atoms with van der Waals surface area (Å²) in [5.41, 5.74) is 2.08. The second-order valence-corrected chi connectivity index (χ2v) is 7.58. The van der Waals surface area contributed by atoms with E-state index >= 15 is 0 Å². The van der Waals surface area contributed by atoms with Gasteiger partial charge in [-0.2, -0.15) is 0 Å². The summed E-state index contributed by atoms with van der Waals surface area (Å²) in [5.74, 6) is 1.27. The van der Waals surface area contributed by atoms with E-state index in [1.165, 1.54) is 11.3 Å². The number of nitrogens with zero attached hydrogens (tertiary/aromatic N) is 5. The van der Waals surface area contributed by atoms with Crippen LogP contribution in [-0.4, -0.2) is 43.8 Å². The molecule has 140 valence electrons. The zero-order chi connectivity index (χ0) is 18.9. The van der Waals surface area contributed by atoms with Gasteiger partial charge in [0.1, 0.15) is 11.2 Å². The first-order valence-corrected chi connectivity index (χ1v) is 10.0. The lowest BCUT2D eigenvalue weighted by atomic mass is 9.98. The molecule has 1 amide bonds. The van der Waals surface area contributed by atoms with E-state index in [0.29, 0.717) is 35.5 Å². The van der Waals surface area contributed by atoms with Gasteiger partial charge in [0.15, 0.2) is 22.3 Å². The van der Waals surface area contributed by atoms with Crippen molar-refractivity contribution < 1.29 is 9.21 Å². The van der Waals surface area contributed by atoms with Crippen LogP contribution in [0.15, 0.2) is 52.5 Å². The number of carbonyl (C=O) groups is 1. The van der Waals surface area contributed by atoms with Crippen molar-refractivity contribution >= 4 is 28.3 Å². The maximum absolute atomic E-state index is 13.0. The zero-order valence-corrected chi connectivity index (χ0v) is 15.8. The molecule has 0 radical (unpaired) electrons. The van der Waals surface area contributed by atoms with E-state index in [-0.39, 0.29) is 11.8 Å². The van der Waals surface area contributed by atoms with Crippen molar-refractivity contribution in [2.75, 3.05) is 13.1 Å². The molecule has 5 rings (SSSR count). The minimum absolute atomic E-state index is 0.0701. The first-order valence-electron chi connectivity index (χ1n) is 9.15. The van der Waals surface area contributed by atoms with Crippen molar-refractivity contribution in [3.8, 4) is 10.8 Å². The van der Waals surface area contributed by atoms with Gasteiger partial charge in [-0.25, -0.2) is 19.9 Å². The van der Waals surface area contributed by atoms with Gasteiger partial charge in [0.25, 0.3) is 5.91 Å². The number of amides is 1. The third kappa shape index (κ3) is 3.16. The normalized spacial score (nSPS) is 17.1. The van der Waals surface area contributed by atoms with Crippen LogP contribution >= 0.6 is 11.3 Å². The van der Waals surface area contributed by atoms with E-state index < -0.39 is 0 Å². The summed E-state index contributed by atoms with van der Waals surface area (Å²) in [6, 6.07) is 9.49. The van der Waals surface area contributed by atoms with Gasteiger partial charge in [0.2, 0.25) is 0 Å². The molecule has 1 aliphatic rings. The number of thiazole rings is 1. The maximum Gasteiger partial charge on any atom is 0.273 e. The molecule has 4 aromatic rings. The minimum Gasteiger partial charge on any atom is -0.440 e. The first-order chi connectivity index (χ1) is 13.8. The molecule has 0 aliphatic carbocycles. The molecule has 1 atom stereocenters. The van der Waals surface area contributed by atoms with Crippen molar-refractivity contribution in [2.24, 2.45) is 0 Å². The number of benzene rings is 1. The van der Waals surface area contributed by atoms with Crippen molar-refractivity contribution in [1.82, 2.24) is 24.8 Å². The van der Waals surface area contributed by atoms with Gasteiger partial charge in [-0.15, -0.1) is 11.3 Å². The lowest BCUT2D eigenvalue weighted by Crippen LogP contribution is -2.39. The van der Waals surface area contributed by atoms with Crippen LogP contribution in [0.4, 0.5) is 0 Å². The highest BCUT2D eigenvalue weighted by Crippen LogP contribution is 2.30. The molecule has 0 N–H and O–H groups in total. The van der Waals surface area contributed by atoms with Crippen LogP contribution in [0.25, 0.3) is 21.9 Å². The summed E-state index contributed by atoms with van der Waals surface area (Å²) in [6.45, 7) is 1.30. The van der Waals surface area contributed by atoms with Gasteiger partial charge in [-0.05, 0) is 31.0 Å². The fraction of sp³-hybridized carbons (Fsp3) is 0.250. The number of hydrogen-bond acceptors (Lipinski definition) is 7. The summed E-state index contributed by atoms with van der Waals surface area (Å²) in [7, 11) is 0. The van der Waals surface area contributed by atoms with Gasteiger partial charge in [-0.3, -0.25) is 4.79 Å². The van der Waals surface area contributed by atoms with Gasteiger partial charge in [0, 0.05) is 30.9 Å². The summed E-state index contributed by atoms with van der Waals surface area (Å²) in [5, 5.41) is 2.42. The molecular weight excluding hydrogens is 374 g/mol. The second kappa shape index (κ2) is 7.12. The molecule has 28 heavy (non-hydrogen) atoms. The van der Waals surface area contributed by atoms with Crippen LogP contribution in [0.1, 0.15) is 35.1 Å². The molecule has 1 fully saturated rings. The quantitative estimate of drug-likeness (QED) is 0.529. The van der Waals surface area contributed by atoms with E-state index in [9.17, 15) is 4.79 Å². The minimum atomic E-state index is -0.0701.